The third kappa shape index (κ3) is 3.88. The third-order valence-electron chi connectivity index (χ3n) is 5.68. The zero-order valence-corrected chi connectivity index (χ0v) is 18.6. The normalized spacial score (nSPS) is 17.3. The Morgan fingerprint density at radius 1 is 1.17 bits per heavy atom. The van der Waals surface area contributed by atoms with E-state index in [0.29, 0.717) is 17.4 Å². The van der Waals surface area contributed by atoms with Crippen molar-refractivity contribution in [3.63, 3.8) is 0 Å². The van der Waals surface area contributed by atoms with Crippen molar-refractivity contribution in [2.24, 2.45) is 5.92 Å². The summed E-state index contributed by atoms with van der Waals surface area (Å²) >= 11 is 0. The van der Waals surface area contributed by atoms with Crippen molar-refractivity contribution in [1.29, 1.82) is 0 Å². The van der Waals surface area contributed by atoms with Crippen LogP contribution in [0.1, 0.15) is 32.3 Å². The Balaban J connectivity index is 1.96. The summed E-state index contributed by atoms with van der Waals surface area (Å²) in [5, 5.41) is 0.822. The van der Waals surface area contributed by atoms with Crippen molar-refractivity contribution in [3.05, 3.63) is 54.2 Å². The van der Waals surface area contributed by atoms with Gasteiger partial charge < -0.3 is 9.64 Å². The van der Waals surface area contributed by atoms with Crippen LogP contribution in [0, 0.1) is 12.8 Å². The number of hydrogen-bond donors (Lipinski definition) is 0. The molecular formula is C24H28N2O3S. The Labute approximate surface area is 178 Å². The summed E-state index contributed by atoms with van der Waals surface area (Å²) in [6.45, 7) is 8.32. The fraction of sp³-hybridized carbons (Fsp3) is 0.375. The van der Waals surface area contributed by atoms with Gasteiger partial charge in [0.15, 0.2) is 0 Å². The molecule has 158 valence electrons. The predicted octanol–water partition coefficient (Wildman–Crippen LogP) is 5.01. The molecule has 0 saturated carbocycles. The standard InChI is InChI=1S/C24H28N2O3S/c1-4-29-19-9-12-22-21(14-19)24(26-13-5-6-18(3)16-26)23(15-25-22)30(27,28)20-10-7-17(2)8-11-20/h7-12,14-15,18H,4-6,13,16H2,1-3H3/t18-/m0/s1. The average molecular weight is 425 g/mol. The summed E-state index contributed by atoms with van der Waals surface area (Å²) in [5.74, 6) is 1.23. The minimum absolute atomic E-state index is 0.265. The molecule has 1 fully saturated rings. The van der Waals surface area contributed by atoms with E-state index < -0.39 is 9.84 Å². The average Bonchev–Trinajstić information content (AvgIpc) is 2.73. The highest BCUT2D eigenvalue weighted by Crippen LogP contribution is 2.39. The van der Waals surface area contributed by atoms with E-state index in [0.717, 1.165) is 53.8 Å². The van der Waals surface area contributed by atoms with Gasteiger partial charge in [-0.15, -0.1) is 0 Å². The van der Waals surface area contributed by atoms with Gasteiger partial charge >= 0.3 is 0 Å². The summed E-state index contributed by atoms with van der Waals surface area (Å²) in [7, 11) is -3.71. The summed E-state index contributed by atoms with van der Waals surface area (Å²) < 4.78 is 33.0. The number of pyridine rings is 1. The summed E-state index contributed by atoms with van der Waals surface area (Å²) in [6, 6.07) is 12.7. The largest absolute Gasteiger partial charge is 0.494 e. The molecule has 0 unspecified atom stereocenters. The molecule has 2 heterocycles. The molecule has 1 saturated heterocycles. The molecule has 0 bridgehead atoms. The van der Waals surface area contributed by atoms with Crippen LogP contribution in [0.2, 0.25) is 0 Å². The number of benzene rings is 2. The highest BCUT2D eigenvalue weighted by Gasteiger charge is 2.29. The maximum Gasteiger partial charge on any atom is 0.210 e. The van der Waals surface area contributed by atoms with Gasteiger partial charge in [-0.05, 0) is 62.9 Å². The van der Waals surface area contributed by atoms with Crippen LogP contribution in [-0.4, -0.2) is 33.1 Å². The van der Waals surface area contributed by atoms with Crippen molar-refractivity contribution in [1.82, 2.24) is 4.98 Å². The van der Waals surface area contributed by atoms with E-state index >= 15 is 0 Å². The number of aryl methyl sites for hydroxylation is 1. The lowest BCUT2D eigenvalue weighted by atomic mass is 9.99. The Hall–Kier alpha value is -2.60. The number of rotatable bonds is 5. The van der Waals surface area contributed by atoms with Gasteiger partial charge in [0.05, 0.1) is 22.7 Å². The van der Waals surface area contributed by atoms with Gasteiger partial charge in [-0.1, -0.05) is 24.6 Å². The van der Waals surface area contributed by atoms with Gasteiger partial charge in [0.25, 0.3) is 0 Å². The van der Waals surface area contributed by atoms with Crippen LogP contribution in [-0.2, 0) is 9.84 Å². The van der Waals surface area contributed by atoms with Crippen molar-refractivity contribution in [2.45, 2.75) is 43.4 Å². The molecule has 30 heavy (non-hydrogen) atoms. The van der Waals surface area contributed by atoms with Gasteiger partial charge in [-0.3, -0.25) is 4.98 Å². The van der Waals surface area contributed by atoms with Crippen LogP contribution < -0.4 is 9.64 Å². The summed E-state index contributed by atoms with van der Waals surface area (Å²) in [5.41, 5.74) is 2.54. The first-order valence-corrected chi connectivity index (χ1v) is 12.0. The maximum absolute atomic E-state index is 13.6. The molecule has 2 aromatic carbocycles. The van der Waals surface area contributed by atoms with Crippen molar-refractivity contribution in [2.75, 3.05) is 24.6 Å². The van der Waals surface area contributed by atoms with E-state index in [1.807, 2.05) is 44.2 Å². The highest BCUT2D eigenvalue weighted by molar-refractivity contribution is 7.91. The Bertz CT molecular complexity index is 1160. The quantitative estimate of drug-likeness (QED) is 0.576. The topological polar surface area (TPSA) is 59.5 Å². The molecule has 3 aromatic rings. The third-order valence-corrected chi connectivity index (χ3v) is 7.45. The molecule has 0 N–H and O–H groups in total. The molecule has 0 spiro atoms. The molecule has 1 aromatic heterocycles. The van der Waals surface area contributed by atoms with E-state index in [1.165, 1.54) is 6.20 Å². The van der Waals surface area contributed by atoms with Crippen LogP contribution >= 0.6 is 0 Å². The van der Waals surface area contributed by atoms with Gasteiger partial charge in [0, 0.05) is 24.7 Å². The van der Waals surface area contributed by atoms with E-state index in [9.17, 15) is 8.42 Å². The second-order valence-corrected chi connectivity index (χ2v) is 10.0. The maximum atomic E-state index is 13.6. The van der Waals surface area contributed by atoms with Crippen molar-refractivity contribution in [3.8, 4) is 5.75 Å². The number of piperidine rings is 1. The molecule has 1 atom stereocenters. The second-order valence-electron chi connectivity index (χ2n) is 8.09. The Morgan fingerprint density at radius 2 is 1.93 bits per heavy atom. The minimum atomic E-state index is -3.71. The smallest absolute Gasteiger partial charge is 0.210 e. The Morgan fingerprint density at radius 3 is 2.63 bits per heavy atom. The zero-order valence-electron chi connectivity index (χ0n) is 17.8. The molecular weight excluding hydrogens is 396 g/mol. The first-order chi connectivity index (χ1) is 14.4. The van der Waals surface area contributed by atoms with Crippen LogP contribution in [0.3, 0.4) is 0 Å². The van der Waals surface area contributed by atoms with Gasteiger partial charge in [0.1, 0.15) is 10.6 Å². The Kier molecular flexibility index (Phi) is 5.69. The lowest BCUT2D eigenvalue weighted by Crippen LogP contribution is -2.35. The SMILES string of the molecule is CCOc1ccc2ncc(S(=O)(=O)c3ccc(C)cc3)c(N3CCC[C@H](C)C3)c2c1. The van der Waals surface area contributed by atoms with Crippen LogP contribution in [0.4, 0.5) is 5.69 Å². The zero-order chi connectivity index (χ0) is 21.3. The fourth-order valence-corrected chi connectivity index (χ4v) is 5.59. The monoisotopic (exact) mass is 424 g/mol. The highest BCUT2D eigenvalue weighted by atomic mass is 32.2. The lowest BCUT2D eigenvalue weighted by Gasteiger charge is -2.34. The number of hydrogen-bond acceptors (Lipinski definition) is 5. The first kappa shape index (κ1) is 20.7. The number of fused-ring (bicyclic) bond motifs is 1. The second kappa shape index (κ2) is 8.26. The van der Waals surface area contributed by atoms with Gasteiger partial charge in [0.2, 0.25) is 9.84 Å². The molecule has 0 amide bonds. The van der Waals surface area contributed by atoms with E-state index in [-0.39, 0.29) is 4.90 Å². The number of anilines is 1. The number of sulfone groups is 1. The van der Waals surface area contributed by atoms with Crippen molar-refractivity contribution >= 4 is 26.4 Å². The summed E-state index contributed by atoms with van der Waals surface area (Å²) in [4.78, 5) is 7.28. The number of ether oxygens (including phenoxy) is 1. The molecule has 0 aliphatic carbocycles. The minimum Gasteiger partial charge on any atom is -0.494 e. The number of nitrogens with zero attached hydrogens (tertiary/aromatic N) is 2. The van der Waals surface area contributed by atoms with Crippen LogP contribution in [0.5, 0.6) is 5.75 Å². The molecule has 5 nitrogen and oxygen atoms in total. The van der Waals surface area contributed by atoms with Gasteiger partial charge in [-0.25, -0.2) is 8.42 Å². The lowest BCUT2D eigenvalue weighted by molar-refractivity contribution is 0.340. The molecule has 4 rings (SSSR count). The van der Waals surface area contributed by atoms with E-state index in [1.54, 1.807) is 12.1 Å². The summed E-state index contributed by atoms with van der Waals surface area (Å²) in [6.07, 6.45) is 3.72. The van der Waals surface area contributed by atoms with E-state index in [4.69, 9.17) is 4.74 Å². The fourth-order valence-electron chi connectivity index (χ4n) is 4.16. The molecule has 1 aliphatic heterocycles. The van der Waals surface area contributed by atoms with Gasteiger partial charge in [-0.2, -0.15) is 0 Å². The molecule has 6 heteroatoms. The van der Waals surface area contributed by atoms with Crippen LogP contribution in [0.15, 0.2) is 58.5 Å². The van der Waals surface area contributed by atoms with Crippen molar-refractivity contribution < 1.29 is 13.2 Å². The first-order valence-electron chi connectivity index (χ1n) is 10.5. The molecule has 1 aliphatic rings. The number of aromatic nitrogens is 1. The molecule has 0 radical (unpaired) electrons. The van der Waals surface area contributed by atoms with E-state index in [2.05, 4.69) is 16.8 Å². The predicted molar refractivity (Wildman–Crippen MR) is 120 cm³/mol. The van der Waals surface area contributed by atoms with Crippen LogP contribution in [0.25, 0.3) is 10.9 Å².